The van der Waals surface area contributed by atoms with Crippen molar-refractivity contribution >= 4 is 11.6 Å². The van der Waals surface area contributed by atoms with Gasteiger partial charge in [0.2, 0.25) is 0 Å². The summed E-state index contributed by atoms with van der Waals surface area (Å²) in [5, 5.41) is 9.51. The van der Waals surface area contributed by atoms with Crippen molar-refractivity contribution in [1.82, 2.24) is 15.3 Å². The summed E-state index contributed by atoms with van der Waals surface area (Å²) in [4.78, 5) is 8.28. The molecule has 0 atom stereocenters. The van der Waals surface area contributed by atoms with Gasteiger partial charge in [-0.1, -0.05) is 0 Å². The Balaban J connectivity index is 2.31. The highest BCUT2D eigenvalue weighted by molar-refractivity contribution is 5.46. The van der Waals surface area contributed by atoms with E-state index in [1.807, 2.05) is 13.1 Å². The van der Waals surface area contributed by atoms with Crippen LogP contribution < -0.4 is 16.0 Å². The van der Waals surface area contributed by atoms with E-state index in [0.29, 0.717) is 6.61 Å². The molecule has 17 heavy (non-hydrogen) atoms. The fraction of sp³-hybridized carbons (Fsp3) is 0.636. The van der Waals surface area contributed by atoms with Gasteiger partial charge in [0.15, 0.2) is 0 Å². The highest BCUT2D eigenvalue weighted by Crippen LogP contribution is 2.07. The van der Waals surface area contributed by atoms with Crippen LogP contribution in [0.1, 0.15) is 6.42 Å². The monoisotopic (exact) mass is 239 g/mol. The Bertz CT molecular complexity index is 308. The van der Waals surface area contributed by atoms with Crippen molar-refractivity contribution in [3.05, 3.63) is 12.4 Å². The lowest BCUT2D eigenvalue weighted by atomic mass is 10.4. The lowest BCUT2D eigenvalue weighted by Gasteiger charge is -2.08. The largest absolute Gasteiger partial charge is 0.383 e. The van der Waals surface area contributed by atoms with Crippen molar-refractivity contribution in [3.63, 3.8) is 0 Å². The highest BCUT2D eigenvalue weighted by atomic mass is 16.5. The number of aromatic nitrogens is 2. The van der Waals surface area contributed by atoms with Crippen molar-refractivity contribution in [3.8, 4) is 0 Å². The first-order valence-corrected chi connectivity index (χ1v) is 5.80. The van der Waals surface area contributed by atoms with Gasteiger partial charge < -0.3 is 20.7 Å². The minimum Gasteiger partial charge on any atom is -0.383 e. The Hall–Kier alpha value is -1.40. The molecule has 3 N–H and O–H groups in total. The minimum absolute atomic E-state index is 0.662. The molecule has 1 rings (SSSR count). The number of rotatable bonds is 9. The van der Waals surface area contributed by atoms with Crippen LogP contribution in [0.4, 0.5) is 11.6 Å². The maximum absolute atomic E-state index is 4.96. The smallest absolute Gasteiger partial charge is 0.131 e. The lowest BCUT2D eigenvalue weighted by Crippen LogP contribution is -2.14. The molecule has 0 unspecified atom stereocenters. The quantitative estimate of drug-likeness (QED) is 0.547. The van der Waals surface area contributed by atoms with E-state index in [4.69, 9.17) is 4.74 Å². The fourth-order valence-electron chi connectivity index (χ4n) is 1.31. The number of hydrogen-bond donors (Lipinski definition) is 3. The van der Waals surface area contributed by atoms with Gasteiger partial charge in [0, 0.05) is 26.3 Å². The van der Waals surface area contributed by atoms with E-state index in [2.05, 4.69) is 25.9 Å². The predicted octanol–water partition coefficient (Wildman–Crippen LogP) is 0.556. The van der Waals surface area contributed by atoms with E-state index >= 15 is 0 Å². The molecule has 0 aromatic carbocycles. The molecule has 6 heteroatoms. The molecule has 0 aliphatic rings. The van der Waals surface area contributed by atoms with Gasteiger partial charge in [0.05, 0.1) is 6.61 Å². The molecule has 96 valence electrons. The summed E-state index contributed by atoms with van der Waals surface area (Å²) in [5.41, 5.74) is 0. The normalized spacial score (nSPS) is 10.2. The Kier molecular flexibility index (Phi) is 7.01. The number of ether oxygens (including phenoxy) is 1. The first-order chi connectivity index (χ1) is 8.36. The van der Waals surface area contributed by atoms with Crippen molar-refractivity contribution < 1.29 is 4.74 Å². The predicted molar refractivity (Wildman–Crippen MR) is 69.4 cm³/mol. The van der Waals surface area contributed by atoms with Gasteiger partial charge in [-0.2, -0.15) is 0 Å². The number of anilines is 2. The third-order valence-electron chi connectivity index (χ3n) is 2.19. The molecule has 1 heterocycles. The van der Waals surface area contributed by atoms with Gasteiger partial charge in [-0.15, -0.1) is 0 Å². The summed E-state index contributed by atoms with van der Waals surface area (Å²) < 4.78 is 4.96. The molecule has 0 radical (unpaired) electrons. The number of hydrogen-bond acceptors (Lipinski definition) is 6. The molecule has 1 aromatic heterocycles. The van der Waals surface area contributed by atoms with E-state index in [1.54, 1.807) is 13.4 Å². The van der Waals surface area contributed by atoms with E-state index in [1.165, 1.54) is 0 Å². The van der Waals surface area contributed by atoms with Crippen molar-refractivity contribution in [1.29, 1.82) is 0 Å². The van der Waals surface area contributed by atoms with Crippen LogP contribution in [0.15, 0.2) is 12.4 Å². The van der Waals surface area contributed by atoms with Crippen LogP contribution in [0.2, 0.25) is 0 Å². The molecule has 1 aromatic rings. The average molecular weight is 239 g/mol. The Morgan fingerprint density at radius 2 is 1.82 bits per heavy atom. The molecule has 0 bridgehead atoms. The van der Waals surface area contributed by atoms with Gasteiger partial charge in [-0.25, -0.2) is 9.97 Å². The summed E-state index contributed by atoms with van der Waals surface area (Å²) in [7, 11) is 3.62. The summed E-state index contributed by atoms with van der Waals surface area (Å²) in [6, 6.07) is 1.90. The first-order valence-electron chi connectivity index (χ1n) is 5.80. The van der Waals surface area contributed by atoms with Crippen LogP contribution in [-0.4, -0.2) is 50.4 Å². The zero-order valence-electron chi connectivity index (χ0n) is 10.5. The van der Waals surface area contributed by atoms with Crippen LogP contribution >= 0.6 is 0 Å². The Morgan fingerprint density at radius 3 is 2.47 bits per heavy atom. The average Bonchev–Trinajstić information content (AvgIpc) is 2.36. The maximum atomic E-state index is 4.96. The maximum Gasteiger partial charge on any atom is 0.131 e. The summed E-state index contributed by atoms with van der Waals surface area (Å²) in [5.74, 6) is 1.66. The van der Waals surface area contributed by atoms with Gasteiger partial charge in [0.1, 0.15) is 18.0 Å². The van der Waals surface area contributed by atoms with Crippen molar-refractivity contribution in [2.75, 3.05) is 51.0 Å². The van der Waals surface area contributed by atoms with E-state index in [9.17, 15) is 0 Å². The molecule has 0 saturated carbocycles. The van der Waals surface area contributed by atoms with Crippen LogP contribution in [-0.2, 0) is 4.74 Å². The number of nitrogens with zero attached hydrogens (tertiary/aromatic N) is 2. The number of nitrogens with one attached hydrogen (secondary N) is 3. The molecule has 0 saturated heterocycles. The van der Waals surface area contributed by atoms with Gasteiger partial charge in [0.25, 0.3) is 0 Å². The zero-order chi connectivity index (χ0) is 12.3. The molecular weight excluding hydrogens is 218 g/mol. The SMILES string of the molecule is CNCCCNc1cc(NCCOC)ncn1. The van der Waals surface area contributed by atoms with Crippen LogP contribution in [0.5, 0.6) is 0 Å². The molecule has 0 amide bonds. The van der Waals surface area contributed by atoms with E-state index < -0.39 is 0 Å². The van der Waals surface area contributed by atoms with Gasteiger partial charge in [-0.05, 0) is 20.0 Å². The Morgan fingerprint density at radius 1 is 1.12 bits per heavy atom. The zero-order valence-corrected chi connectivity index (χ0v) is 10.5. The summed E-state index contributed by atoms with van der Waals surface area (Å²) in [6.07, 6.45) is 2.61. The second-order valence-corrected chi connectivity index (χ2v) is 3.59. The molecule has 0 fully saturated rings. The van der Waals surface area contributed by atoms with Crippen LogP contribution in [0, 0.1) is 0 Å². The topological polar surface area (TPSA) is 71.1 Å². The van der Waals surface area contributed by atoms with Gasteiger partial charge >= 0.3 is 0 Å². The Labute approximate surface area is 102 Å². The molecular formula is C11H21N5O. The van der Waals surface area contributed by atoms with Gasteiger partial charge in [-0.3, -0.25) is 0 Å². The van der Waals surface area contributed by atoms with Crippen molar-refractivity contribution in [2.45, 2.75) is 6.42 Å². The van der Waals surface area contributed by atoms with E-state index in [0.717, 1.165) is 37.7 Å². The lowest BCUT2D eigenvalue weighted by molar-refractivity contribution is 0.210. The van der Waals surface area contributed by atoms with Crippen LogP contribution in [0.3, 0.4) is 0 Å². The molecule has 6 nitrogen and oxygen atoms in total. The van der Waals surface area contributed by atoms with E-state index in [-0.39, 0.29) is 0 Å². The summed E-state index contributed by atoms with van der Waals surface area (Å²) >= 11 is 0. The fourth-order valence-corrected chi connectivity index (χ4v) is 1.31. The summed E-state index contributed by atoms with van der Waals surface area (Å²) in [6.45, 7) is 3.30. The van der Waals surface area contributed by atoms with Crippen LogP contribution in [0.25, 0.3) is 0 Å². The second kappa shape index (κ2) is 8.72. The second-order valence-electron chi connectivity index (χ2n) is 3.59. The molecule has 0 aliphatic carbocycles. The van der Waals surface area contributed by atoms with Crippen molar-refractivity contribution in [2.24, 2.45) is 0 Å². The first kappa shape index (κ1) is 13.7. The minimum atomic E-state index is 0.662. The highest BCUT2D eigenvalue weighted by Gasteiger charge is 1.97. The molecule has 0 aliphatic heterocycles. The number of methoxy groups -OCH3 is 1. The third-order valence-corrected chi connectivity index (χ3v) is 2.19. The molecule has 0 spiro atoms. The standard InChI is InChI=1S/C11H21N5O/c1-12-4-3-5-13-10-8-11(16-9-15-10)14-6-7-17-2/h8-9,12H,3-7H2,1-2H3,(H2,13,14,15,16). The third kappa shape index (κ3) is 6.03.